The molecule has 6 nitrogen and oxygen atoms in total. The molecule has 2 rings (SSSR count). The average Bonchev–Trinajstić information content (AvgIpc) is 2.96. The summed E-state index contributed by atoms with van der Waals surface area (Å²) in [7, 11) is 0. The van der Waals surface area contributed by atoms with Crippen molar-refractivity contribution in [2.24, 2.45) is 5.41 Å². The highest BCUT2D eigenvalue weighted by molar-refractivity contribution is 6.11. The van der Waals surface area contributed by atoms with Crippen LogP contribution in [-0.2, 0) is 11.2 Å². The molecule has 1 aromatic rings. The van der Waals surface area contributed by atoms with E-state index in [9.17, 15) is 14.4 Å². The van der Waals surface area contributed by atoms with Gasteiger partial charge in [-0.3, -0.25) is 14.5 Å². The minimum absolute atomic E-state index is 0.0183. The lowest BCUT2D eigenvalue weighted by molar-refractivity contribution is -0.125. The van der Waals surface area contributed by atoms with Crippen LogP contribution in [0.3, 0.4) is 0 Å². The zero-order valence-corrected chi connectivity index (χ0v) is 16.6. The second kappa shape index (κ2) is 7.48. The van der Waals surface area contributed by atoms with Crippen molar-refractivity contribution in [3.63, 3.8) is 0 Å². The monoisotopic (exact) mass is 359 g/mol. The molecule has 4 amide bonds. The molecule has 0 fully saturated rings. The predicted octanol–water partition coefficient (Wildman–Crippen LogP) is 3.12. The van der Waals surface area contributed by atoms with Gasteiger partial charge in [0.15, 0.2) is 0 Å². The van der Waals surface area contributed by atoms with E-state index in [0.29, 0.717) is 30.8 Å². The SMILES string of the molecule is CCNC(=O)N(CC)C(=O)c1cc(C)cc2c1N(C(=O)C(C)(C)C)CC2. The van der Waals surface area contributed by atoms with Gasteiger partial charge in [-0.05, 0) is 44.4 Å². The lowest BCUT2D eigenvalue weighted by atomic mass is 9.94. The number of benzene rings is 1. The molecule has 0 aromatic heterocycles. The van der Waals surface area contributed by atoms with Crippen LogP contribution >= 0.6 is 0 Å². The molecule has 0 aliphatic carbocycles. The Labute approximate surface area is 155 Å². The van der Waals surface area contributed by atoms with Gasteiger partial charge in [-0.15, -0.1) is 0 Å². The Hall–Kier alpha value is -2.37. The van der Waals surface area contributed by atoms with Crippen LogP contribution in [0, 0.1) is 12.3 Å². The van der Waals surface area contributed by atoms with Crippen molar-refractivity contribution in [1.29, 1.82) is 0 Å². The first-order valence-corrected chi connectivity index (χ1v) is 9.17. The van der Waals surface area contributed by atoms with Crippen LogP contribution in [0.25, 0.3) is 0 Å². The molecule has 0 unspecified atom stereocenters. The molecule has 1 aliphatic heterocycles. The van der Waals surface area contributed by atoms with Gasteiger partial charge in [-0.1, -0.05) is 26.8 Å². The molecule has 1 aromatic carbocycles. The van der Waals surface area contributed by atoms with E-state index in [1.165, 1.54) is 4.90 Å². The van der Waals surface area contributed by atoms with Gasteiger partial charge < -0.3 is 10.2 Å². The Bertz CT molecular complexity index is 735. The largest absolute Gasteiger partial charge is 0.338 e. The fraction of sp³-hybridized carbons (Fsp3) is 0.550. The van der Waals surface area contributed by atoms with Crippen LogP contribution in [0.5, 0.6) is 0 Å². The molecule has 0 atom stereocenters. The van der Waals surface area contributed by atoms with Crippen LogP contribution in [0.15, 0.2) is 12.1 Å². The van der Waals surface area contributed by atoms with Crippen molar-refractivity contribution in [2.75, 3.05) is 24.5 Å². The van der Waals surface area contributed by atoms with E-state index >= 15 is 0 Å². The maximum Gasteiger partial charge on any atom is 0.324 e. The van der Waals surface area contributed by atoms with Gasteiger partial charge in [0.1, 0.15) is 0 Å². The van der Waals surface area contributed by atoms with Crippen LogP contribution in [0.2, 0.25) is 0 Å². The summed E-state index contributed by atoms with van der Waals surface area (Å²) in [5.74, 6) is -0.387. The third-order valence-electron chi connectivity index (χ3n) is 4.46. The van der Waals surface area contributed by atoms with Gasteiger partial charge in [0.25, 0.3) is 5.91 Å². The average molecular weight is 359 g/mol. The van der Waals surface area contributed by atoms with Crippen molar-refractivity contribution in [3.8, 4) is 0 Å². The fourth-order valence-electron chi connectivity index (χ4n) is 3.25. The van der Waals surface area contributed by atoms with E-state index in [1.54, 1.807) is 17.9 Å². The Morgan fingerprint density at radius 1 is 1.19 bits per heavy atom. The number of aryl methyl sites for hydroxylation is 1. The second-order valence-electron chi connectivity index (χ2n) is 7.66. The molecule has 0 radical (unpaired) electrons. The number of hydrogen-bond donors (Lipinski definition) is 1. The van der Waals surface area contributed by atoms with Crippen molar-refractivity contribution in [3.05, 3.63) is 28.8 Å². The van der Waals surface area contributed by atoms with E-state index in [1.807, 2.05) is 40.7 Å². The summed E-state index contributed by atoms with van der Waals surface area (Å²) >= 11 is 0. The first-order valence-electron chi connectivity index (χ1n) is 9.17. The molecular weight excluding hydrogens is 330 g/mol. The predicted molar refractivity (Wildman–Crippen MR) is 102 cm³/mol. The van der Waals surface area contributed by atoms with Crippen LogP contribution in [-0.4, -0.2) is 42.4 Å². The second-order valence-corrected chi connectivity index (χ2v) is 7.66. The number of carbonyl (C=O) groups excluding carboxylic acids is 3. The summed E-state index contributed by atoms with van der Waals surface area (Å²) in [5.41, 5.74) is 2.46. The Kier molecular flexibility index (Phi) is 5.74. The molecule has 142 valence electrons. The molecule has 1 N–H and O–H groups in total. The first kappa shape index (κ1) is 19.9. The van der Waals surface area contributed by atoms with Crippen molar-refractivity contribution in [1.82, 2.24) is 10.2 Å². The summed E-state index contributed by atoms with van der Waals surface area (Å²) in [4.78, 5) is 41.2. The Morgan fingerprint density at radius 3 is 2.38 bits per heavy atom. The van der Waals surface area contributed by atoms with Crippen LogP contribution in [0.4, 0.5) is 10.5 Å². The molecule has 0 saturated carbocycles. The van der Waals surface area contributed by atoms with Gasteiger partial charge in [-0.2, -0.15) is 0 Å². The first-order chi connectivity index (χ1) is 12.1. The quantitative estimate of drug-likeness (QED) is 0.901. The number of urea groups is 1. The summed E-state index contributed by atoms with van der Waals surface area (Å²) in [6, 6.07) is 3.38. The van der Waals surface area contributed by atoms with E-state index < -0.39 is 11.4 Å². The maximum atomic E-state index is 13.1. The zero-order valence-electron chi connectivity index (χ0n) is 16.6. The third-order valence-corrected chi connectivity index (χ3v) is 4.46. The van der Waals surface area contributed by atoms with Crippen molar-refractivity contribution >= 4 is 23.5 Å². The highest BCUT2D eigenvalue weighted by Gasteiger charge is 2.36. The zero-order chi connectivity index (χ0) is 19.6. The summed E-state index contributed by atoms with van der Waals surface area (Å²) in [6.45, 7) is 12.4. The maximum absolute atomic E-state index is 13.1. The minimum Gasteiger partial charge on any atom is -0.338 e. The molecular formula is C20H29N3O3. The fourth-order valence-corrected chi connectivity index (χ4v) is 3.25. The Morgan fingerprint density at radius 2 is 1.85 bits per heavy atom. The summed E-state index contributed by atoms with van der Waals surface area (Å²) in [6.07, 6.45) is 0.715. The van der Waals surface area contributed by atoms with E-state index in [-0.39, 0.29) is 18.4 Å². The molecule has 1 heterocycles. The van der Waals surface area contributed by atoms with Gasteiger partial charge >= 0.3 is 6.03 Å². The van der Waals surface area contributed by atoms with Gasteiger partial charge in [0.05, 0.1) is 11.3 Å². The standard InChI is InChI=1S/C20H29N3O3/c1-7-21-19(26)22(8-2)17(24)15-12-13(3)11-14-9-10-23(16(14)15)18(25)20(4,5)6/h11-12H,7-10H2,1-6H3,(H,21,26). The Balaban J connectivity index is 2.52. The molecule has 26 heavy (non-hydrogen) atoms. The number of anilines is 1. The van der Waals surface area contributed by atoms with Crippen LogP contribution in [0.1, 0.15) is 56.1 Å². The number of fused-ring (bicyclic) bond motifs is 1. The number of amides is 4. The topological polar surface area (TPSA) is 69.7 Å². The van der Waals surface area contributed by atoms with Crippen molar-refractivity contribution < 1.29 is 14.4 Å². The van der Waals surface area contributed by atoms with Crippen molar-refractivity contribution in [2.45, 2.75) is 48.0 Å². The molecule has 1 aliphatic rings. The molecule has 0 saturated heterocycles. The van der Waals surface area contributed by atoms with Gasteiger partial charge in [0.2, 0.25) is 5.91 Å². The van der Waals surface area contributed by atoms with Crippen LogP contribution < -0.4 is 10.2 Å². The normalized spacial score (nSPS) is 13.4. The van der Waals surface area contributed by atoms with Gasteiger partial charge in [-0.25, -0.2) is 4.79 Å². The highest BCUT2D eigenvalue weighted by atomic mass is 16.2. The molecule has 6 heteroatoms. The van der Waals surface area contributed by atoms with E-state index in [0.717, 1.165) is 11.1 Å². The van der Waals surface area contributed by atoms with E-state index in [4.69, 9.17) is 0 Å². The number of hydrogen-bond acceptors (Lipinski definition) is 3. The summed E-state index contributed by atoms with van der Waals surface area (Å²) < 4.78 is 0. The summed E-state index contributed by atoms with van der Waals surface area (Å²) in [5, 5.41) is 2.67. The number of nitrogens with zero attached hydrogens (tertiary/aromatic N) is 2. The highest BCUT2D eigenvalue weighted by Crippen LogP contribution is 2.36. The van der Waals surface area contributed by atoms with E-state index in [2.05, 4.69) is 5.32 Å². The minimum atomic E-state index is -0.545. The number of nitrogens with one attached hydrogen (secondary N) is 1. The smallest absolute Gasteiger partial charge is 0.324 e. The molecule has 0 bridgehead atoms. The number of imide groups is 1. The number of carbonyl (C=O) groups is 3. The number of rotatable bonds is 3. The lowest BCUT2D eigenvalue weighted by Crippen LogP contribution is -2.44. The molecule has 0 spiro atoms. The van der Waals surface area contributed by atoms with Gasteiger partial charge in [0, 0.05) is 25.0 Å². The lowest BCUT2D eigenvalue weighted by Gasteiger charge is -2.28. The third kappa shape index (κ3) is 3.74.